The first kappa shape index (κ1) is 14.2. The number of alkyl halides is 3. The SMILES string of the molecule is CN=C(/C(C)=C(\C)C(C)(C)C)C(F)(F)F. The van der Waals surface area contributed by atoms with Gasteiger partial charge in [-0.15, -0.1) is 0 Å². The van der Waals surface area contributed by atoms with Crippen LogP contribution in [0.25, 0.3) is 0 Å². The van der Waals surface area contributed by atoms with Crippen LogP contribution < -0.4 is 0 Å². The molecule has 0 radical (unpaired) electrons. The second kappa shape index (κ2) is 4.37. The minimum atomic E-state index is -4.37. The summed E-state index contributed by atoms with van der Waals surface area (Å²) in [5.74, 6) is 0. The molecule has 0 heterocycles. The van der Waals surface area contributed by atoms with Gasteiger partial charge in [0, 0.05) is 7.05 Å². The van der Waals surface area contributed by atoms with Crippen LogP contribution in [0.3, 0.4) is 0 Å². The van der Waals surface area contributed by atoms with E-state index in [4.69, 9.17) is 0 Å². The van der Waals surface area contributed by atoms with Gasteiger partial charge in [0.25, 0.3) is 0 Å². The van der Waals surface area contributed by atoms with E-state index in [1.165, 1.54) is 14.0 Å². The van der Waals surface area contributed by atoms with E-state index < -0.39 is 11.9 Å². The van der Waals surface area contributed by atoms with Gasteiger partial charge in [-0.2, -0.15) is 13.2 Å². The lowest BCUT2D eigenvalue weighted by Gasteiger charge is -2.23. The van der Waals surface area contributed by atoms with Gasteiger partial charge in [0.2, 0.25) is 0 Å². The monoisotopic (exact) mass is 221 g/mol. The topological polar surface area (TPSA) is 12.4 Å². The summed E-state index contributed by atoms with van der Waals surface area (Å²) in [4.78, 5) is 3.33. The Kier molecular flexibility index (Phi) is 4.14. The van der Waals surface area contributed by atoms with Crippen molar-refractivity contribution in [2.45, 2.75) is 40.8 Å². The maximum absolute atomic E-state index is 12.6. The van der Waals surface area contributed by atoms with Gasteiger partial charge in [-0.05, 0) is 24.8 Å². The fraction of sp³-hybridized carbons (Fsp3) is 0.727. The molecule has 0 aliphatic heterocycles. The van der Waals surface area contributed by atoms with E-state index in [1.807, 2.05) is 20.8 Å². The van der Waals surface area contributed by atoms with E-state index in [9.17, 15) is 13.2 Å². The Morgan fingerprint density at radius 1 is 1.00 bits per heavy atom. The van der Waals surface area contributed by atoms with Crippen LogP contribution in [0.5, 0.6) is 0 Å². The van der Waals surface area contributed by atoms with Crippen molar-refractivity contribution in [3.63, 3.8) is 0 Å². The zero-order valence-electron chi connectivity index (χ0n) is 10.1. The first-order valence-electron chi connectivity index (χ1n) is 4.74. The third kappa shape index (κ3) is 3.68. The predicted molar refractivity (Wildman–Crippen MR) is 57.2 cm³/mol. The second-order valence-corrected chi connectivity index (χ2v) is 4.57. The normalized spacial score (nSPS) is 16.5. The summed E-state index contributed by atoms with van der Waals surface area (Å²) in [5.41, 5.74) is -0.126. The molecule has 88 valence electrons. The third-order valence-electron chi connectivity index (χ3n) is 2.53. The minimum Gasteiger partial charge on any atom is -0.284 e. The lowest BCUT2D eigenvalue weighted by Crippen LogP contribution is -2.26. The average Bonchev–Trinajstić information content (AvgIpc) is 1.99. The Hall–Kier alpha value is -0.800. The number of halogens is 3. The van der Waals surface area contributed by atoms with Crippen molar-refractivity contribution >= 4 is 5.71 Å². The van der Waals surface area contributed by atoms with E-state index >= 15 is 0 Å². The Bertz CT molecular complexity index is 290. The molecular weight excluding hydrogens is 203 g/mol. The molecule has 0 rings (SSSR count). The van der Waals surface area contributed by atoms with Gasteiger partial charge in [0.1, 0.15) is 5.71 Å². The molecule has 0 saturated heterocycles. The van der Waals surface area contributed by atoms with Crippen LogP contribution in [0.4, 0.5) is 13.2 Å². The van der Waals surface area contributed by atoms with Crippen LogP contribution in [-0.2, 0) is 0 Å². The molecule has 4 heteroatoms. The van der Waals surface area contributed by atoms with Gasteiger partial charge in [-0.3, -0.25) is 4.99 Å². The molecule has 0 amide bonds. The van der Waals surface area contributed by atoms with Crippen LogP contribution in [0.15, 0.2) is 16.1 Å². The van der Waals surface area contributed by atoms with Crippen molar-refractivity contribution < 1.29 is 13.2 Å². The van der Waals surface area contributed by atoms with E-state index in [0.717, 1.165) is 0 Å². The maximum atomic E-state index is 12.6. The molecule has 0 atom stereocenters. The summed E-state index contributed by atoms with van der Waals surface area (Å²) in [6.45, 7) is 8.84. The molecule has 0 aromatic rings. The number of allylic oxidation sites excluding steroid dienone is 2. The van der Waals surface area contributed by atoms with Crippen molar-refractivity contribution in [1.82, 2.24) is 0 Å². The number of rotatable bonds is 1. The van der Waals surface area contributed by atoms with Crippen LogP contribution in [0.2, 0.25) is 0 Å². The Labute approximate surface area is 89.1 Å². The highest BCUT2D eigenvalue weighted by atomic mass is 19.4. The molecule has 0 N–H and O–H groups in total. The molecule has 1 nitrogen and oxygen atoms in total. The zero-order valence-corrected chi connectivity index (χ0v) is 10.1. The number of nitrogens with zero attached hydrogens (tertiary/aromatic N) is 1. The second-order valence-electron chi connectivity index (χ2n) is 4.57. The van der Waals surface area contributed by atoms with Crippen molar-refractivity contribution in [3.8, 4) is 0 Å². The summed E-state index contributed by atoms with van der Waals surface area (Å²) < 4.78 is 37.7. The number of aliphatic imine (C=N–C) groups is 1. The summed E-state index contributed by atoms with van der Waals surface area (Å²) in [6, 6.07) is 0. The molecule has 0 bridgehead atoms. The Balaban J connectivity index is 5.42. The number of hydrogen-bond acceptors (Lipinski definition) is 1. The highest BCUT2D eigenvalue weighted by Crippen LogP contribution is 2.31. The molecule has 0 aliphatic carbocycles. The smallest absolute Gasteiger partial charge is 0.284 e. The fourth-order valence-electron chi connectivity index (χ4n) is 1.25. The Morgan fingerprint density at radius 2 is 1.40 bits per heavy atom. The third-order valence-corrected chi connectivity index (χ3v) is 2.53. The van der Waals surface area contributed by atoms with Crippen LogP contribution in [0, 0.1) is 5.41 Å². The van der Waals surface area contributed by atoms with E-state index in [0.29, 0.717) is 5.57 Å². The van der Waals surface area contributed by atoms with Gasteiger partial charge < -0.3 is 0 Å². The quantitative estimate of drug-likeness (QED) is 0.593. The Morgan fingerprint density at radius 3 is 1.60 bits per heavy atom. The summed E-state index contributed by atoms with van der Waals surface area (Å²) in [6.07, 6.45) is -4.37. The molecule has 0 aliphatic rings. The first-order valence-corrected chi connectivity index (χ1v) is 4.74. The summed E-state index contributed by atoms with van der Waals surface area (Å²) in [5, 5.41) is 0. The first-order chi connectivity index (χ1) is 6.51. The maximum Gasteiger partial charge on any atom is 0.433 e. The summed E-state index contributed by atoms with van der Waals surface area (Å²) >= 11 is 0. The van der Waals surface area contributed by atoms with Crippen molar-refractivity contribution in [2.75, 3.05) is 7.05 Å². The fourth-order valence-corrected chi connectivity index (χ4v) is 1.25. The lowest BCUT2D eigenvalue weighted by molar-refractivity contribution is -0.0583. The van der Waals surface area contributed by atoms with E-state index in [1.54, 1.807) is 6.92 Å². The highest BCUT2D eigenvalue weighted by Gasteiger charge is 2.37. The van der Waals surface area contributed by atoms with Crippen molar-refractivity contribution in [3.05, 3.63) is 11.1 Å². The molecular formula is C11H18F3N. The standard InChI is InChI=1S/C11H18F3N/c1-7(8(2)10(3,4)5)9(15-6)11(12,13)14/h1-6H3/b8-7+,15-9?. The van der Waals surface area contributed by atoms with Gasteiger partial charge >= 0.3 is 6.18 Å². The zero-order chi connectivity index (χ0) is 12.4. The molecule has 0 unspecified atom stereocenters. The van der Waals surface area contributed by atoms with Crippen molar-refractivity contribution in [2.24, 2.45) is 10.4 Å². The van der Waals surface area contributed by atoms with Crippen molar-refractivity contribution in [1.29, 1.82) is 0 Å². The van der Waals surface area contributed by atoms with Gasteiger partial charge in [0.05, 0.1) is 0 Å². The van der Waals surface area contributed by atoms with Gasteiger partial charge in [0.15, 0.2) is 0 Å². The minimum absolute atomic E-state index is 0.220. The highest BCUT2D eigenvalue weighted by molar-refractivity contribution is 6.04. The molecule has 0 aromatic carbocycles. The predicted octanol–water partition coefficient (Wildman–Crippen LogP) is 4.00. The molecule has 0 spiro atoms. The summed E-state index contributed by atoms with van der Waals surface area (Å²) in [7, 11) is 1.17. The molecule has 0 fully saturated rings. The van der Waals surface area contributed by atoms with E-state index in [2.05, 4.69) is 4.99 Å². The lowest BCUT2D eigenvalue weighted by atomic mass is 9.83. The van der Waals surface area contributed by atoms with Crippen LogP contribution >= 0.6 is 0 Å². The van der Waals surface area contributed by atoms with Crippen LogP contribution in [0.1, 0.15) is 34.6 Å². The number of hydrogen-bond donors (Lipinski definition) is 0. The average molecular weight is 221 g/mol. The van der Waals surface area contributed by atoms with Gasteiger partial charge in [-0.25, -0.2) is 0 Å². The largest absolute Gasteiger partial charge is 0.433 e. The molecule has 0 saturated carbocycles. The molecule has 15 heavy (non-hydrogen) atoms. The van der Waals surface area contributed by atoms with E-state index in [-0.39, 0.29) is 11.0 Å². The molecule has 0 aromatic heterocycles. The van der Waals surface area contributed by atoms with Crippen LogP contribution in [-0.4, -0.2) is 18.9 Å². The van der Waals surface area contributed by atoms with Gasteiger partial charge in [-0.1, -0.05) is 26.3 Å².